The van der Waals surface area contributed by atoms with Crippen molar-refractivity contribution < 1.29 is 4.79 Å². The third kappa shape index (κ3) is 4.00. The van der Waals surface area contributed by atoms with Crippen molar-refractivity contribution in [1.82, 2.24) is 10.3 Å². The summed E-state index contributed by atoms with van der Waals surface area (Å²) in [7, 11) is 0. The molecule has 0 aromatic heterocycles. The monoisotopic (exact) mass is 231 g/mol. The number of carbonyl (C=O) groups is 1. The van der Waals surface area contributed by atoms with Gasteiger partial charge >= 0.3 is 0 Å². The molecular weight excluding hydrogens is 214 g/mol. The molecule has 0 spiro atoms. The predicted molar refractivity (Wildman–Crippen MR) is 67.9 cm³/mol. The van der Waals surface area contributed by atoms with Gasteiger partial charge in [0.1, 0.15) is 0 Å². The van der Waals surface area contributed by atoms with Crippen molar-refractivity contribution in [2.45, 2.75) is 12.8 Å². The van der Waals surface area contributed by atoms with Gasteiger partial charge in [0.05, 0.1) is 12.8 Å². The minimum Gasteiger partial charge on any atom is -0.294 e. The Balaban J connectivity index is 1.74. The van der Waals surface area contributed by atoms with E-state index in [1.165, 1.54) is 12.8 Å². The van der Waals surface area contributed by atoms with Gasteiger partial charge in [-0.1, -0.05) is 30.3 Å². The van der Waals surface area contributed by atoms with Crippen molar-refractivity contribution >= 4 is 12.1 Å². The molecule has 0 bridgehead atoms. The molecule has 1 amide bonds. The Bertz CT molecular complexity index is 383. The molecule has 0 radical (unpaired) electrons. The molecule has 2 rings (SSSR count). The van der Waals surface area contributed by atoms with Crippen molar-refractivity contribution in [1.29, 1.82) is 0 Å². The van der Waals surface area contributed by atoms with Crippen LogP contribution in [-0.2, 0) is 4.79 Å². The van der Waals surface area contributed by atoms with Crippen LogP contribution >= 0.6 is 0 Å². The molecule has 17 heavy (non-hydrogen) atoms. The van der Waals surface area contributed by atoms with Gasteiger partial charge in [-0.3, -0.25) is 9.69 Å². The Morgan fingerprint density at radius 3 is 2.71 bits per heavy atom. The molecular formula is C13H17N3O. The first-order valence-corrected chi connectivity index (χ1v) is 5.94. The van der Waals surface area contributed by atoms with Gasteiger partial charge in [0, 0.05) is 0 Å². The smallest absolute Gasteiger partial charge is 0.254 e. The van der Waals surface area contributed by atoms with E-state index in [9.17, 15) is 4.79 Å². The van der Waals surface area contributed by atoms with Crippen LogP contribution in [0.25, 0.3) is 0 Å². The fraction of sp³-hybridized carbons (Fsp3) is 0.385. The molecule has 90 valence electrons. The lowest BCUT2D eigenvalue weighted by Crippen LogP contribution is -2.33. The molecule has 0 aliphatic carbocycles. The van der Waals surface area contributed by atoms with Crippen LogP contribution in [0.3, 0.4) is 0 Å². The van der Waals surface area contributed by atoms with Crippen LogP contribution in [0.5, 0.6) is 0 Å². The molecule has 1 saturated heterocycles. The summed E-state index contributed by atoms with van der Waals surface area (Å²) >= 11 is 0. The molecule has 1 aliphatic heterocycles. The lowest BCUT2D eigenvalue weighted by Gasteiger charge is -2.12. The van der Waals surface area contributed by atoms with Crippen molar-refractivity contribution in [3.05, 3.63) is 35.9 Å². The molecule has 1 fully saturated rings. The zero-order chi connectivity index (χ0) is 11.9. The molecule has 1 heterocycles. The molecule has 0 unspecified atom stereocenters. The Kier molecular flexibility index (Phi) is 4.27. The van der Waals surface area contributed by atoms with Gasteiger partial charge in [0.25, 0.3) is 5.91 Å². The summed E-state index contributed by atoms with van der Waals surface area (Å²) in [4.78, 5) is 13.7. The third-order valence-corrected chi connectivity index (χ3v) is 2.77. The van der Waals surface area contributed by atoms with E-state index < -0.39 is 0 Å². The zero-order valence-corrected chi connectivity index (χ0v) is 9.80. The highest BCUT2D eigenvalue weighted by molar-refractivity contribution is 5.83. The Morgan fingerprint density at radius 2 is 2.00 bits per heavy atom. The van der Waals surface area contributed by atoms with E-state index in [1.54, 1.807) is 6.21 Å². The van der Waals surface area contributed by atoms with Crippen molar-refractivity contribution in [3.8, 4) is 0 Å². The summed E-state index contributed by atoms with van der Waals surface area (Å²) in [6.45, 7) is 2.50. The van der Waals surface area contributed by atoms with Crippen LogP contribution < -0.4 is 5.43 Å². The van der Waals surface area contributed by atoms with Gasteiger partial charge < -0.3 is 0 Å². The molecule has 1 aliphatic rings. The average Bonchev–Trinajstić information content (AvgIpc) is 2.83. The zero-order valence-electron chi connectivity index (χ0n) is 9.80. The summed E-state index contributed by atoms with van der Waals surface area (Å²) in [5.74, 6) is -0.0425. The van der Waals surface area contributed by atoms with Crippen LogP contribution in [0.15, 0.2) is 35.4 Å². The number of carbonyl (C=O) groups excluding carboxylic acids is 1. The van der Waals surface area contributed by atoms with Gasteiger partial charge in [-0.05, 0) is 31.5 Å². The quantitative estimate of drug-likeness (QED) is 0.626. The minimum atomic E-state index is -0.0425. The van der Waals surface area contributed by atoms with Crippen LogP contribution in [0.4, 0.5) is 0 Å². The number of nitrogens with one attached hydrogen (secondary N) is 1. The number of amides is 1. The fourth-order valence-electron chi connectivity index (χ4n) is 1.90. The summed E-state index contributed by atoms with van der Waals surface area (Å²) < 4.78 is 0. The van der Waals surface area contributed by atoms with Gasteiger partial charge in [0.15, 0.2) is 0 Å². The molecule has 1 aromatic rings. The van der Waals surface area contributed by atoms with Crippen LogP contribution in [0.2, 0.25) is 0 Å². The minimum absolute atomic E-state index is 0.0425. The number of hydrogen-bond acceptors (Lipinski definition) is 3. The highest BCUT2D eigenvalue weighted by Gasteiger charge is 2.14. The number of nitrogens with zero attached hydrogens (tertiary/aromatic N) is 2. The van der Waals surface area contributed by atoms with E-state index in [2.05, 4.69) is 15.4 Å². The molecule has 0 atom stereocenters. The number of rotatable bonds is 4. The first-order valence-electron chi connectivity index (χ1n) is 5.94. The van der Waals surface area contributed by atoms with E-state index in [0.29, 0.717) is 6.54 Å². The third-order valence-electron chi connectivity index (χ3n) is 2.77. The first kappa shape index (κ1) is 11.8. The predicted octanol–water partition coefficient (Wildman–Crippen LogP) is 1.23. The lowest BCUT2D eigenvalue weighted by molar-refractivity contribution is -0.121. The number of likely N-dealkylation sites (tertiary alicyclic amines) is 1. The van der Waals surface area contributed by atoms with Crippen LogP contribution in [-0.4, -0.2) is 36.7 Å². The molecule has 4 nitrogen and oxygen atoms in total. The van der Waals surface area contributed by atoms with E-state index >= 15 is 0 Å². The molecule has 0 saturated carbocycles. The second-order valence-corrected chi connectivity index (χ2v) is 4.19. The van der Waals surface area contributed by atoms with E-state index in [1.807, 2.05) is 30.3 Å². The SMILES string of the molecule is O=C(CN1CCCC1)N/N=C/c1ccccc1. The van der Waals surface area contributed by atoms with Crippen molar-refractivity contribution in [2.75, 3.05) is 19.6 Å². The van der Waals surface area contributed by atoms with Crippen molar-refractivity contribution in [3.63, 3.8) is 0 Å². The second kappa shape index (κ2) is 6.15. The Morgan fingerprint density at radius 1 is 1.29 bits per heavy atom. The molecule has 1 aromatic carbocycles. The van der Waals surface area contributed by atoms with Crippen LogP contribution in [0, 0.1) is 0 Å². The maximum Gasteiger partial charge on any atom is 0.254 e. The maximum atomic E-state index is 11.5. The van der Waals surface area contributed by atoms with Crippen LogP contribution in [0.1, 0.15) is 18.4 Å². The maximum absolute atomic E-state index is 11.5. The fourth-order valence-corrected chi connectivity index (χ4v) is 1.90. The second-order valence-electron chi connectivity index (χ2n) is 4.19. The highest BCUT2D eigenvalue weighted by Crippen LogP contribution is 2.05. The molecule has 4 heteroatoms. The normalized spacial score (nSPS) is 16.5. The first-order chi connectivity index (χ1) is 8.34. The van der Waals surface area contributed by atoms with E-state index in [-0.39, 0.29) is 5.91 Å². The topological polar surface area (TPSA) is 44.7 Å². The Hall–Kier alpha value is -1.68. The number of benzene rings is 1. The highest BCUT2D eigenvalue weighted by atomic mass is 16.2. The number of hydrogen-bond donors (Lipinski definition) is 1. The summed E-state index contributed by atoms with van der Waals surface area (Å²) in [6.07, 6.45) is 4.04. The summed E-state index contributed by atoms with van der Waals surface area (Å²) in [5, 5.41) is 3.93. The lowest BCUT2D eigenvalue weighted by atomic mass is 10.2. The van der Waals surface area contributed by atoms with E-state index in [0.717, 1.165) is 18.7 Å². The average molecular weight is 231 g/mol. The summed E-state index contributed by atoms with van der Waals surface area (Å²) in [5.41, 5.74) is 3.53. The van der Waals surface area contributed by atoms with Gasteiger partial charge in [-0.2, -0.15) is 5.10 Å². The summed E-state index contributed by atoms with van der Waals surface area (Å²) in [6, 6.07) is 9.70. The van der Waals surface area contributed by atoms with Gasteiger partial charge in [0.2, 0.25) is 0 Å². The largest absolute Gasteiger partial charge is 0.294 e. The molecule has 1 N–H and O–H groups in total. The number of hydrazone groups is 1. The van der Waals surface area contributed by atoms with E-state index in [4.69, 9.17) is 0 Å². The Labute approximate surface area is 101 Å². The van der Waals surface area contributed by atoms with Gasteiger partial charge in [-0.15, -0.1) is 0 Å². The standard InChI is InChI=1S/C13H17N3O/c17-13(11-16-8-4-5-9-16)15-14-10-12-6-2-1-3-7-12/h1-3,6-7,10H,4-5,8-9,11H2,(H,15,17)/b14-10+. The van der Waals surface area contributed by atoms with Crippen molar-refractivity contribution in [2.24, 2.45) is 5.10 Å². The van der Waals surface area contributed by atoms with Gasteiger partial charge in [-0.25, -0.2) is 5.43 Å².